The Morgan fingerprint density at radius 1 is 1.11 bits per heavy atom. The number of nitrogens with zero attached hydrogens (tertiary/aromatic N) is 2. The monoisotopic (exact) mass is 401 g/mol. The van der Waals surface area contributed by atoms with Crippen LogP contribution in [0.2, 0.25) is 0 Å². The summed E-state index contributed by atoms with van der Waals surface area (Å²) in [4.78, 5) is 12.4. The lowest BCUT2D eigenvalue weighted by molar-refractivity contribution is -0.113. The average Bonchev–Trinajstić information content (AvgIpc) is 2.95. The van der Waals surface area contributed by atoms with E-state index in [1.165, 1.54) is 30.0 Å². The largest absolute Gasteiger partial charge is 0.322 e. The van der Waals surface area contributed by atoms with Crippen molar-refractivity contribution in [3.05, 3.63) is 77.1 Å². The third-order valence-corrected chi connectivity index (χ3v) is 5.59. The van der Waals surface area contributed by atoms with E-state index in [0.717, 1.165) is 11.4 Å². The second-order valence-corrected chi connectivity index (χ2v) is 7.76. The Kier molecular flexibility index (Phi) is 6.14. The van der Waals surface area contributed by atoms with Crippen LogP contribution in [-0.2, 0) is 4.79 Å². The summed E-state index contributed by atoms with van der Waals surface area (Å²) < 4.78 is 29.5. The van der Waals surface area contributed by atoms with Crippen LogP contribution in [0, 0.1) is 25.5 Å². The normalized spacial score (nSPS) is 12.0. The number of halogens is 2. The Morgan fingerprint density at radius 2 is 1.75 bits per heavy atom. The number of anilines is 1. The van der Waals surface area contributed by atoms with Crippen LogP contribution in [-0.4, -0.2) is 21.4 Å². The molecule has 1 atom stereocenters. The van der Waals surface area contributed by atoms with Gasteiger partial charge in [0.05, 0.1) is 28.5 Å². The van der Waals surface area contributed by atoms with Crippen LogP contribution >= 0.6 is 11.8 Å². The molecule has 0 aliphatic rings. The molecule has 0 aliphatic carbocycles. The van der Waals surface area contributed by atoms with Gasteiger partial charge >= 0.3 is 0 Å². The molecule has 1 unspecified atom stereocenters. The molecule has 7 heteroatoms. The minimum atomic E-state index is -0.601. The highest BCUT2D eigenvalue weighted by Crippen LogP contribution is 2.32. The van der Waals surface area contributed by atoms with Crippen molar-refractivity contribution in [2.45, 2.75) is 26.0 Å². The highest BCUT2D eigenvalue weighted by Gasteiger charge is 2.19. The Bertz CT molecular complexity index is 969. The van der Waals surface area contributed by atoms with Gasteiger partial charge in [-0.05, 0) is 45.0 Å². The first-order chi connectivity index (χ1) is 13.4. The molecule has 0 radical (unpaired) electrons. The van der Waals surface area contributed by atoms with Gasteiger partial charge in [0.25, 0.3) is 0 Å². The third kappa shape index (κ3) is 4.25. The summed E-state index contributed by atoms with van der Waals surface area (Å²) in [6.07, 6.45) is 0. The van der Waals surface area contributed by atoms with Crippen LogP contribution in [0.5, 0.6) is 0 Å². The summed E-state index contributed by atoms with van der Waals surface area (Å²) in [6, 6.07) is 13.4. The van der Waals surface area contributed by atoms with E-state index in [1.807, 2.05) is 44.2 Å². The SMILES string of the molecule is Cc1nn(-c2ccccc2)c(C)c1NC(=O)CSC(C)c1c(F)cccc1F. The number of para-hydroxylation sites is 1. The van der Waals surface area contributed by atoms with Gasteiger partial charge < -0.3 is 5.32 Å². The van der Waals surface area contributed by atoms with Gasteiger partial charge in [-0.3, -0.25) is 4.79 Å². The molecule has 4 nitrogen and oxygen atoms in total. The number of aryl methyl sites for hydroxylation is 1. The second-order valence-electron chi connectivity index (χ2n) is 6.43. The fraction of sp³-hybridized carbons (Fsp3) is 0.238. The minimum absolute atomic E-state index is 0.00967. The molecule has 0 spiro atoms. The van der Waals surface area contributed by atoms with E-state index in [2.05, 4.69) is 10.4 Å². The number of benzene rings is 2. The van der Waals surface area contributed by atoms with Gasteiger partial charge in [0.15, 0.2) is 0 Å². The van der Waals surface area contributed by atoms with Crippen molar-refractivity contribution in [1.29, 1.82) is 0 Å². The molecule has 1 N–H and O–H groups in total. The standard InChI is InChI=1S/C21H21F2N3OS/c1-13-21(14(2)26(25-13)16-8-5-4-6-9-16)24-19(27)12-28-15(3)20-17(22)10-7-11-18(20)23/h4-11,15H,12H2,1-3H3,(H,24,27). The Balaban J connectivity index is 1.68. The van der Waals surface area contributed by atoms with Crippen molar-refractivity contribution < 1.29 is 13.6 Å². The smallest absolute Gasteiger partial charge is 0.234 e. The number of amides is 1. The molecule has 1 aromatic heterocycles. The number of thioether (sulfide) groups is 1. The van der Waals surface area contributed by atoms with Crippen LogP contribution in [0.25, 0.3) is 5.69 Å². The Labute approximate surface area is 167 Å². The molecule has 146 valence electrons. The lowest BCUT2D eigenvalue weighted by Crippen LogP contribution is -2.16. The number of nitrogens with one attached hydrogen (secondary N) is 1. The van der Waals surface area contributed by atoms with Gasteiger partial charge in [-0.25, -0.2) is 13.5 Å². The summed E-state index contributed by atoms with van der Waals surface area (Å²) in [5.74, 6) is -1.37. The summed E-state index contributed by atoms with van der Waals surface area (Å²) in [5, 5.41) is 6.88. The molecule has 1 amide bonds. The highest BCUT2D eigenvalue weighted by atomic mass is 32.2. The molecule has 0 fully saturated rings. The van der Waals surface area contributed by atoms with E-state index in [-0.39, 0.29) is 17.2 Å². The Hall–Kier alpha value is -2.67. The maximum atomic E-state index is 13.9. The highest BCUT2D eigenvalue weighted by molar-refractivity contribution is 8.00. The van der Waals surface area contributed by atoms with Crippen molar-refractivity contribution in [3.8, 4) is 5.69 Å². The zero-order chi connectivity index (χ0) is 20.3. The topological polar surface area (TPSA) is 46.9 Å². The zero-order valence-corrected chi connectivity index (χ0v) is 16.7. The fourth-order valence-electron chi connectivity index (χ4n) is 3.00. The van der Waals surface area contributed by atoms with Crippen LogP contribution in [0.4, 0.5) is 14.5 Å². The second kappa shape index (κ2) is 8.56. The number of hydrogen-bond donors (Lipinski definition) is 1. The average molecular weight is 401 g/mol. The molecular weight excluding hydrogens is 380 g/mol. The quantitative estimate of drug-likeness (QED) is 0.618. The number of rotatable bonds is 6. The van der Waals surface area contributed by atoms with Gasteiger partial charge in [-0.1, -0.05) is 24.3 Å². The molecule has 28 heavy (non-hydrogen) atoms. The zero-order valence-electron chi connectivity index (χ0n) is 15.9. The van der Waals surface area contributed by atoms with E-state index in [1.54, 1.807) is 11.6 Å². The number of carbonyl (C=O) groups is 1. The van der Waals surface area contributed by atoms with Gasteiger partial charge in [0, 0.05) is 10.8 Å². The van der Waals surface area contributed by atoms with E-state index in [0.29, 0.717) is 11.4 Å². The molecule has 3 aromatic rings. The first-order valence-electron chi connectivity index (χ1n) is 8.85. The number of carbonyl (C=O) groups excluding carboxylic acids is 1. The van der Waals surface area contributed by atoms with Crippen molar-refractivity contribution in [2.75, 3.05) is 11.1 Å². The summed E-state index contributed by atoms with van der Waals surface area (Å²) in [5.41, 5.74) is 3.06. The van der Waals surface area contributed by atoms with Gasteiger partial charge in [-0.15, -0.1) is 11.8 Å². The lowest BCUT2D eigenvalue weighted by atomic mass is 10.1. The molecule has 0 aliphatic heterocycles. The van der Waals surface area contributed by atoms with E-state index < -0.39 is 16.9 Å². The number of hydrogen-bond acceptors (Lipinski definition) is 3. The lowest BCUT2D eigenvalue weighted by Gasteiger charge is -2.13. The predicted octanol–water partition coefficient (Wildman–Crippen LogP) is 5.20. The van der Waals surface area contributed by atoms with Crippen LogP contribution < -0.4 is 5.32 Å². The van der Waals surface area contributed by atoms with Crippen LogP contribution in [0.3, 0.4) is 0 Å². The summed E-state index contributed by atoms with van der Waals surface area (Å²) >= 11 is 1.18. The first kappa shape index (κ1) is 20.1. The van der Waals surface area contributed by atoms with Crippen molar-refractivity contribution in [2.24, 2.45) is 0 Å². The summed E-state index contributed by atoms with van der Waals surface area (Å²) in [7, 11) is 0. The summed E-state index contributed by atoms with van der Waals surface area (Å²) in [6.45, 7) is 5.39. The minimum Gasteiger partial charge on any atom is -0.322 e. The van der Waals surface area contributed by atoms with Crippen LogP contribution in [0.15, 0.2) is 48.5 Å². The van der Waals surface area contributed by atoms with E-state index in [4.69, 9.17) is 0 Å². The van der Waals surface area contributed by atoms with E-state index in [9.17, 15) is 13.6 Å². The van der Waals surface area contributed by atoms with Crippen molar-refractivity contribution in [1.82, 2.24) is 9.78 Å². The molecule has 2 aromatic carbocycles. The molecule has 0 saturated heterocycles. The molecule has 1 heterocycles. The third-order valence-electron chi connectivity index (χ3n) is 4.43. The van der Waals surface area contributed by atoms with E-state index >= 15 is 0 Å². The maximum Gasteiger partial charge on any atom is 0.234 e. The number of aromatic nitrogens is 2. The maximum absolute atomic E-state index is 13.9. The fourth-order valence-corrected chi connectivity index (χ4v) is 3.87. The van der Waals surface area contributed by atoms with Crippen molar-refractivity contribution >= 4 is 23.4 Å². The molecule has 3 rings (SSSR count). The van der Waals surface area contributed by atoms with Crippen LogP contribution in [0.1, 0.15) is 29.1 Å². The molecule has 0 bridgehead atoms. The first-order valence-corrected chi connectivity index (χ1v) is 9.90. The molecule has 0 saturated carbocycles. The van der Waals surface area contributed by atoms with Gasteiger partial charge in [0.1, 0.15) is 11.6 Å². The van der Waals surface area contributed by atoms with Crippen molar-refractivity contribution in [3.63, 3.8) is 0 Å². The molecular formula is C21H21F2N3OS. The Morgan fingerprint density at radius 3 is 2.39 bits per heavy atom. The van der Waals surface area contributed by atoms with Gasteiger partial charge in [-0.2, -0.15) is 5.10 Å². The van der Waals surface area contributed by atoms with Gasteiger partial charge in [0.2, 0.25) is 5.91 Å². The predicted molar refractivity (Wildman–Crippen MR) is 109 cm³/mol.